The normalized spacial score (nSPS) is 15.8. The Hall–Kier alpha value is -1.92. The highest BCUT2D eigenvalue weighted by atomic mass is 19.3. The predicted molar refractivity (Wildman–Crippen MR) is 68.4 cm³/mol. The third-order valence-corrected chi connectivity index (χ3v) is 3.15. The molecule has 7 heteroatoms. The van der Waals surface area contributed by atoms with Gasteiger partial charge in [-0.05, 0) is 37.3 Å². The zero-order valence-electron chi connectivity index (χ0n) is 11.1. The maximum Gasteiger partial charge on any atom is 0.388 e. The largest absolute Gasteiger partial charge is 0.417 e. The fourth-order valence-corrected chi connectivity index (χ4v) is 1.87. The van der Waals surface area contributed by atoms with Gasteiger partial charge in [-0.25, -0.2) is 9.78 Å². The van der Waals surface area contributed by atoms with Crippen LogP contribution in [0.1, 0.15) is 25.3 Å². The molecule has 1 heterocycles. The van der Waals surface area contributed by atoms with Gasteiger partial charge < -0.3 is 15.4 Å². The molecule has 1 fully saturated rings. The molecule has 0 bridgehead atoms. The SMILES string of the molecule is C[C@H](NC(=O)NCc1ccnc(OC(F)F)c1)C1CC1. The molecule has 0 radical (unpaired) electrons. The molecule has 2 amide bonds. The fourth-order valence-electron chi connectivity index (χ4n) is 1.87. The summed E-state index contributed by atoms with van der Waals surface area (Å²) in [6.07, 6.45) is 3.67. The lowest BCUT2D eigenvalue weighted by Crippen LogP contribution is -2.41. The van der Waals surface area contributed by atoms with Crippen LogP contribution in [-0.2, 0) is 6.54 Å². The number of aromatic nitrogens is 1. The van der Waals surface area contributed by atoms with Crippen LogP contribution in [0.15, 0.2) is 18.3 Å². The van der Waals surface area contributed by atoms with Gasteiger partial charge in [0.05, 0.1) is 0 Å². The number of nitrogens with one attached hydrogen (secondary N) is 2. The quantitative estimate of drug-likeness (QED) is 0.843. The van der Waals surface area contributed by atoms with E-state index in [1.165, 1.54) is 12.3 Å². The fraction of sp³-hybridized carbons (Fsp3) is 0.538. The van der Waals surface area contributed by atoms with Gasteiger partial charge in [0.15, 0.2) is 0 Å². The van der Waals surface area contributed by atoms with Crippen molar-refractivity contribution >= 4 is 6.03 Å². The monoisotopic (exact) mass is 285 g/mol. The highest BCUT2D eigenvalue weighted by Crippen LogP contribution is 2.32. The third-order valence-electron chi connectivity index (χ3n) is 3.15. The zero-order valence-corrected chi connectivity index (χ0v) is 11.1. The molecular formula is C13H17F2N3O2. The maximum atomic E-state index is 12.0. The second-order valence-corrected chi connectivity index (χ2v) is 4.83. The van der Waals surface area contributed by atoms with E-state index in [2.05, 4.69) is 20.4 Å². The van der Waals surface area contributed by atoms with E-state index >= 15 is 0 Å². The maximum absolute atomic E-state index is 12.0. The third kappa shape index (κ3) is 4.64. The van der Waals surface area contributed by atoms with Crippen LogP contribution in [-0.4, -0.2) is 23.7 Å². The minimum absolute atomic E-state index is 0.158. The second kappa shape index (κ2) is 6.49. The molecule has 0 spiro atoms. The summed E-state index contributed by atoms with van der Waals surface area (Å²) in [6.45, 7) is -0.711. The molecule has 2 rings (SSSR count). The van der Waals surface area contributed by atoms with Crippen molar-refractivity contribution in [1.29, 1.82) is 0 Å². The first-order valence-electron chi connectivity index (χ1n) is 6.48. The van der Waals surface area contributed by atoms with Crippen molar-refractivity contribution in [2.24, 2.45) is 5.92 Å². The molecule has 2 N–H and O–H groups in total. The number of alkyl halides is 2. The number of ether oxygens (including phenoxy) is 1. The van der Waals surface area contributed by atoms with Crippen LogP contribution in [0.4, 0.5) is 13.6 Å². The van der Waals surface area contributed by atoms with Crippen LogP contribution in [0, 0.1) is 5.92 Å². The average Bonchev–Trinajstić information content (AvgIpc) is 3.20. The van der Waals surface area contributed by atoms with Crippen LogP contribution >= 0.6 is 0 Å². The summed E-state index contributed by atoms with van der Waals surface area (Å²) in [5, 5.41) is 5.51. The van der Waals surface area contributed by atoms with Crippen LogP contribution in [0.25, 0.3) is 0 Å². The van der Waals surface area contributed by atoms with Crippen molar-refractivity contribution in [3.63, 3.8) is 0 Å². The first-order valence-corrected chi connectivity index (χ1v) is 6.48. The molecule has 1 aliphatic carbocycles. The van der Waals surface area contributed by atoms with E-state index in [0.717, 1.165) is 12.8 Å². The predicted octanol–water partition coefficient (Wildman–Crippen LogP) is 2.28. The van der Waals surface area contributed by atoms with Crippen molar-refractivity contribution in [3.8, 4) is 5.88 Å². The van der Waals surface area contributed by atoms with E-state index in [1.54, 1.807) is 6.07 Å². The molecule has 0 aromatic carbocycles. The Labute approximate surface area is 115 Å². The molecule has 0 aliphatic heterocycles. The number of urea groups is 1. The Morgan fingerprint density at radius 2 is 2.30 bits per heavy atom. The van der Waals surface area contributed by atoms with Gasteiger partial charge in [-0.3, -0.25) is 0 Å². The van der Waals surface area contributed by atoms with Gasteiger partial charge in [-0.1, -0.05) is 0 Å². The second-order valence-electron chi connectivity index (χ2n) is 4.83. The number of amides is 2. The van der Waals surface area contributed by atoms with Crippen molar-refractivity contribution in [3.05, 3.63) is 23.9 Å². The summed E-state index contributed by atoms with van der Waals surface area (Å²) < 4.78 is 28.3. The number of rotatable bonds is 6. The molecule has 0 saturated heterocycles. The molecule has 1 atom stereocenters. The number of hydrogen-bond acceptors (Lipinski definition) is 3. The van der Waals surface area contributed by atoms with Gasteiger partial charge in [0.25, 0.3) is 0 Å². The number of halogens is 2. The minimum Gasteiger partial charge on any atom is -0.417 e. The summed E-state index contributed by atoms with van der Waals surface area (Å²) in [5.41, 5.74) is 0.643. The lowest BCUT2D eigenvalue weighted by molar-refractivity contribution is -0.0529. The average molecular weight is 285 g/mol. The summed E-state index contributed by atoms with van der Waals surface area (Å²) in [6, 6.07) is 2.89. The van der Waals surface area contributed by atoms with Crippen molar-refractivity contribution in [2.75, 3.05) is 0 Å². The van der Waals surface area contributed by atoms with Crippen LogP contribution < -0.4 is 15.4 Å². The topological polar surface area (TPSA) is 63.2 Å². The Balaban J connectivity index is 1.79. The van der Waals surface area contributed by atoms with Crippen LogP contribution in [0.3, 0.4) is 0 Å². The summed E-state index contributed by atoms with van der Waals surface area (Å²) in [5.74, 6) is 0.416. The number of carbonyl (C=O) groups excluding carboxylic acids is 1. The van der Waals surface area contributed by atoms with E-state index in [9.17, 15) is 13.6 Å². The van der Waals surface area contributed by atoms with E-state index in [0.29, 0.717) is 11.5 Å². The molecule has 1 saturated carbocycles. The van der Waals surface area contributed by atoms with Crippen LogP contribution in [0.5, 0.6) is 5.88 Å². The van der Waals surface area contributed by atoms with Crippen molar-refractivity contribution in [2.45, 2.75) is 39.0 Å². The van der Waals surface area contributed by atoms with E-state index in [1.807, 2.05) is 6.92 Å². The molecule has 1 aromatic rings. The summed E-state index contributed by atoms with van der Waals surface area (Å²) in [4.78, 5) is 15.3. The Morgan fingerprint density at radius 3 is 2.95 bits per heavy atom. The van der Waals surface area contributed by atoms with Crippen molar-refractivity contribution in [1.82, 2.24) is 15.6 Å². The van der Waals surface area contributed by atoms with Crippen LogP contribution in [0.2, 0.25) is 0 Å². The molecule has 5 nitrogen and oxygen atoms in total. The number of hydrogen-bond donors (Lipinski definition) is 2. The lowest BCUT2D eigenvalue weighted by Gasteiger charge is -2.13. The first kappa shape index (κ1) is 14.5. The molecule has 1 aromatic heterocycles. The number of carbonyl (C=O) groups is 1. The van der Waals surface area contributed by atoms with Gasteiger partial charge in [0.1, 0.15) is 0 Å². The van der Waals surface area contributed by atoms with Gasteiger partial charge in [-0.15, -0.1) is 0 Å². The summed E-state index contributed by atoms with van der Waals surface area (Å²) in [7, 11) is 0. The standard InChI is InChI=1S/C13H17F2N3O2/c1-8(10-2-3-10)18-13(19)17-7-9-4-5-16-11(6-9)20-12(14)15/h4-6,8,10,12H,2-3,7H2,1H3,(H2,17,18,19)/t8-/m0/s1. The minimum atomic E-state index is -2.91. The highest BCUT2D eigenvalue weighted by Gasteiger charge is 2.28. The first-order chi connectivity index (χ1) is 9.54. The van der Waals surface area contributed by atoms with E-state index in [-0.39, 0.29) is 24.5 Å². The molecule has 110 valence electrons. The summed E-state index contributed by atoms with van der Waals surface area (Å²) >= 11 is 0. The van der Waals surface area contributed by atoms with Gasteiger partial charge in [0.2, 0.25) is 5.88 Å². The Morgan fingerprint density at radius 1 is 1.55 bits per heavy atom. The zero-order chi connectivity index (χ0) is 14.5. The van der Waals surface area contributed by atoms with E-state index < -0.39 is 6.61 Å². The van der Waals surface area contributed by atoms with Crippen molar-refractivity contribution < 1.29 is 18.3 Å². The molecule has 0 unspecified atom stereocenters. The Bertz CT molecular complexity index is 467. The number of nitrogens with zero attached hydrogens (tertiary/aromatic N) is 1. The van der Waals surface area contributed by atoms with Gasteiger partial charge >= 0.3 is 12.6 Å². The van der Waals surface area contributed by atoms with Gasteiger partial charge in [0, 0.05) is 24.8 Å². The smallest absolute Gasteiger partial charge is 0.388 e. The van der Waals surface area contributed by atoms with Gasteiger partial charge in [-0.2, -0.15) is 8.78 Å². The molecule has 20 heavy (non-hydrogen) atoms. The van der Waals surface area contributed by atoms with E-state index in [4.69, 9.17) is 0 Å². The molecular weight excluding hydrogens is 268 g/mol. The highest BCUT2D eigenvalue weighted by molar-refractivity contribution is 5.74. The lowest BCUT2D eigenvalue weighted by atomic mass is 10.2. The number of pyridine rings is 1. The molecule has 1 aliphatic rings. The Kier molecular flexibility index (Phi) is 4.70.